The van der Waals surface area contributed by atoms with Gasteiger partial charge in [0.05, 0.1) is 22.7 Å². The predicted octanol–water partition coefficient (Wildman–Crippen LogP) is 2.32. The Morgan fingerprint density at radius 1 is 1.11 bits per heavy atom. The van der Waals surface area contributed by atoms with E-state index >= 15 is 0 Å². The van der Waals surface area contributed by atoms with Gasteiger partial charge in [-0.2, -0.15) is 0 Å². The maximum atomic E-state index is 14.1. The number of carbonyl (C=O) groups is 2. The van der Waals surface area contributed by atoms with Crippen molar-refractivity contribution in [2.75, 3.05) is 14.1 Å². The fourth-order valence-corrected chi connectivity index (χ4v) is 6.15. The number of fused-ring (bicyclic) bond motifs is 3. The molecule has 0 bridgehead atoms. The third-order valence-corrected chi connectivity index (χ3v) is 7.91. The van der Waals surface area contributed by atoms with E-state index in [-0.39, 0.29) is 46.6 Å². The summed E-state index contributed by atoms with van der Waals surface area (Å²) in [5.41, 5.74) is 4.23. The molecule has 4 atom stereocenters. The van der Waals surface area contributed by atoms with Gasteiger partial charge in [0.1, 0.15) is 28.7 Å². The van der Waals surface area contributed by atoms with Crippen molar-refractivity contribution in [3.05, 3.63) is 81.4 Å². The summed E-state index contributed by atoms with van der Waals surface area (Å²) in [5.74, 6) is 1.11. The SMILES string of the molecule is CN(C)C1C(O)=C(C(N)=O)CC2(O)C(=O)C3=C(O)c4c(O)ccc(C#Cc5ccccc5F)c4CC3CC12. The summed E-state index contributed by atoms with van der Waals surface area (Å²) in [4.78, 5) is 27.5. The molecule has 196 valence electrons. The molecule has 3 aliphatic carbocycles. The van der Waals surface area contributed by atoms with Gasteiger partial charge in [-0.15, -0.1) is 0 Å². The van der Waals surface area contributed by atoms with Gasteiger partial charge in [-0.3, -0.25) is 14.5 Å². The molecule has 1 fully saturated rings. The van der Waals surface area contributed by atoms with Crippen LogP contribution in [0.5, 0.6) is 5.75 Å². The second-order valence-corrected chi connectivity index (χ2v) is 10.3. The minimum absolute atomic E-state index is 0.0282. The van der Waals surface area contributed by atoms with Crippen LogP contribution in [0.15, 0.2) is 53.3 Å². The monoisotopic (exact) mass is 518 g/mol. The Kier molecular flexibility index (Phi) is 6.05. The van der Waals surface area contributed by atoms with E-state index in [0.717, 1.165) is 0 Å². The van der Waals surface area contributed by atoms with E-state index in [0.29, 0.717) is 11.1 Å². The van der Waals surface area contributed by atoms with Crippen molar-refractivity contribution >= 4 is 17.4 Å². The highest BCUT2D eigenvalue weighted by molar-refractivity contribution is 6.10. The summed E-state index contributed by atoms with van der Waals surface area (Å²) in [6.45, 7) is 0. The van der Waals surface area contributed by atoms with Gasteiger partial charge >= 0.3 is 0 Å². The van der Waals surface area contributed by atoms with Crippen LogP contribution < -0.4 is 5.73 Å². The van der Waals surface area contributed by atoms with Gasteiger partial charge in [-0.1, -0.05) is 24.0 Å². The summed E-state index contributed by atoms with van der Waals surface area (Å²) >= 11 is 0. The molecule has 38 heavy (non-hydrogen) atoms. The molecule has 3 aliphatic rings. The average Bonchev–Trinajstić information content (AvgIpc) is 2.85. The number of hydrogen-bond acceptors (Lipinski definition) is 7. The summed E-state index contributed by atoms with van der Waals surface area (Å²) < 4.78 is 14.1. The molecular weight excluding hydrogens is 491 g/mol. The van der Waals surface area contributed by atoms with Crippen molar-refractivity contribution < 1.29 is 34.4 Å². The number of nitrogens with two attached hydrogens (primary N) is 1. The number of amides is 1. The van der Waals surface area contributed by atoms with Crippen LogP contribution in [0.3, 0.4) is 0 Å². The molecule has 6 N–H and O–H groups in total. The number of phenols is 1. The number of aromatic hydroxyl groups is 1. The van der Waals surface area contributed by atoms with Gasteiger partial charge < -0.3 is 26.2 Å². The van der Waals surface area contributed by atoms with Crippen molar-refractivity contribution in [2.45, 2.75) is 30.9 Å². The summed E-state index contributed by atoms with van der Waals surface area (Å²) in [5, 5.41) is 44.5. The summed E-state index contributed by atoms with van der Waals surface area (Å²) in [7, 11) is 3.31. The van der Waals surface area contributed by atoms with E-state index in [2.05, 4.69) is 11.8 Å². The zero-order valence-electron chi connectivity index (χ0n) is 20.8. The Morgan fingerprint density at radius 2 is 1.79 bits per heavy atom. The molecule has 0 aromatic heterocycles. The maximum absolute atomic E-state index is 14.1. The lowest BCUT2D eigenvalue weighted by Gasteiger charge is -2.51. The van der Waals surface area contributed by atoms with Gasteiger partial charge in [0, 0.05) is 23.5 Å². The molecule has 4 unspecified atom stereocenters. The molecule has 1 saturated carbocycles. The third kappa shape index (κ3) is 3.76. The molecule has 1 amide bonds. The molecule has 9 heteroatoms. The maximum Gasteiger partial charge on any atom is 0.248 e. The molecule has 2 aromatic carbocycles. The summed E-state index contributed by atoms with van der Waals surface area (Å²) in [6, 6.07) is 8.09. The largest absolute Gasteiger partial charge is 0.510 e. The van der Waals surface area contributed by atoms with Crippen molar-refractivity contribution in [3.8, 4) is 17.6 Å². The smallest absolute Gasteiger partial charge is 0.248 e. The first-order chi connectivity index (χ1) is 18.0. The van der Waals surface area contributed by atoms with Gasteiger partial charge in [0.15, 0.2) is 5.78 Å². The van der Waals surface area contributed by atoms with Crippen LogP contribution in [0.4, 0.5) is 4.39 Å². The summed E-state index contributed by atoms with van der Waals surface area (Å²) in [6.07, 6.45) is -0.0929. The predicted molar refractivity (Wildman–Crippen MR) is 136 cm³/mol. The lowest BCUT2D eigenvalue weighted by Crippen LogP contribution is -2.62. The topological polar surface area (TPSA) is 144 Å². The van der Waals surface area contributed by atoms with Crippen LogP contribution in [-0.4, -0.2) is 62.8 Å². The molecule has 5 rings (SSSR count). The standard InChI is InChI=1S/C29H27FN2O6/c1-32(2)24-19-12-16-11-17-14(7-8-15-5-3-4-6-20(15)30)9-10-21(33)23(17)26(35)22(16)27(36)29(19,38)13-18(25(24)34)28(31)37/h3-6,9-10,16,19,24,33-35,38H,11-13H2,1-2H3,(H2,31,37). The number of benzene rings is 2. The van der Waals surface area contributed by atoms with Gasteiger partial charge in [0.2, 0.25) is 5.91 Å². The zero-order valence-corrected chi connectivity index (χ0v) is 20.8. The lowest BCUT2D eigenvalue weighted by atomic mass is 9.57. The first-order valence-corrected chi connectivity index (χ1v) is 12.2. The fraction of sp³-hybridized carbons (Fsp3) is 0.310. The van der Waals surface area contributed by atoms with Crippen LogP contribution in [0.25, 0.3) is 5.76 Å². The third-order valence-electron chi connectivity index (χ3n) is 7.91. The number of Topliss-reactive ketones (excluding diaryl/α,β-unsaturated/α-hetero) is 1. The molecule has 8 nitrogen and oxygen atoms in total. The van der Waals surface area contributed by atoms with Crippen LogP contribution >= 0.6 is 0 Å². The number of carbonyl (C=O) groups excluding carboxylic acids is 2. The number of ketones is 1. The Balaban J connectivity index is 1.64. The zero-order chi connectivity index (χ0) is 27.5. The molecule has 2 aromatic rings. The lowest BCUT2D eigenvalue weighted by molar-refractivity contribution is -0.151. The molecule has 0 aliphatic heterocycles. The van der Waals surface area contributed by atoms with Crippen LogP contribution in [0.2, 0.25) is 0 Å². The number of hydrogen-bond donors (Lipinski definition) is 5. The molecule has 0 heterocycles. The van der Waals surface area contributed by atoms with Gasteiger partial charge in [-0.25, -0.2) is 4.39 Å². The highest BCUT2D eigenvalue weighted by atomic mass is 19.1. The van der Waals surface area contributed by atoms with Crippen molar-refractivity contribution in [1.29, 1.82) is 0 Å². The number of aliphatic hydroxyl groups is 3. The van der Waals surface area contributed by atoms with E-state index in [1.54, 1.807) is 37.2 Å². The van der Waals surface area contributed by atoms with Crippen LogP contribution in [0, 0.1) is 29.5 Å². The van der Waals surface area contributed by atoms with Crippen molar-refractivity contribution in [3.63, 3.8) is 0 Å². The fourth-order valence-electron chi connectivity index (χ4n) is 6.15. The van der Waals surface area contributed by atoms with E-state index < -0.39 is 53.2 Å². The Labute approximate surface area is 218 Å². The highest BCUT2D eigenvalue weighted by Gasteiger charge is 2.60. The second-order valence-electron chi connectivity index (χ2n) is 10.3. The quantitative estimate of drug-likeness (QED) is 0.384. The second kappa shape index (κ2) is 9.01. The number of halogens is 1. The van der Waals surface area contributed by atoms with Gasteiger partial charge in [0.25, 0.3) is 0 Å². The van der Waals surface area contributed by atoms with Gasteiger partial charge in [-0.05, 0) is 62.7 Å². The highest BCUT2D eigenvalue weighted by Crippen LogP contribution is 2.53. The van der Waals surface area contributed by atoms with E-state index in [4.69, 9.17) is 5.73 Å². The Hall–Kier alpha value is -4.13. The first-order valence-electron chi connectivity index (χ1n) is 12.2. The number of rotatable bonds is 2. The number of aliphatic hydroxyl groups excluding tert-OH is 2. The van der Waals surface area contributed by atoms with E-state index in [1.807, 2.05) is 0 Å². The minimum Gasteiger partial charge on any atom is -0.510 e. The Morgan fingerprint density at radius 3 is 2.45 bits per heavy atom. The molecule has 0 saturated heterocycles. The average molecular weight is 519 g/mol. The molecular formula is C29H27FN2O6. The number of phenolic OH excluding ortho intramolecular Hbond substituents is 1. The van der Waals surface area contributed by atoms with Crippen molar-refractivity contribution in [1.82, 2.24) is 4.90 Å². The normalized spacial score (nSPS) is 26.3. The molecule has 0 radical (unpaired) electrons. The van der Waals surface area contributed by atoms with E-state index in [1.165, 1.54) is 18.2 Å². The Bertz CT molecular complexity index is 1510. The van der Waals surface area contributed by atoms with Crippen LogP contribution in [-0.2, 0) is 16.0 Å². The first kappa shape index (κ1) is 25.5. The molecule has 0 spiro atoms. The van der Waals surface area contributed by atoms with E-state index in [9.17, 15) is 34.4 Å². The minimum atomic E-state index is -2.10. The van der Waals surface area contributed by atoms with Crippen LogP contribution in [0.1, 0.15) is 35.1 Å². The number of nitrogens with zero attached hydrogens (tertiary/aromatic N) is 1. The number of likely N-dealkylation sites (N-methyl/N-ethyl adjacent to an activating group) is 1. The van der Waals surface area contributed by atoms with Crippen molar-refractivity contribution in [2.24, 2.45) is 17.6 Å². The number of primary amides is 1.